The van der Waals surface area contributed by atoms with Gasteiger partial charge in [-0.2, -0.15) is 0 Å². The molecule has 1 aliphatic rings. The Kier molecular flexibility index (Phi) is 3.28. The molecular weight excluding hydrogens is 267 g/mol. The van der Waals surface area contributed by atoms with Crippen LogP contribution in [0.4, 0.5) is 4.39 Å². The highest BCUT2D eigenvalue weighted by molar-refractivity contribution is 6.06. The number of carbonyl (C=O) groups is 1. The summed E-state index contributed by atoms with van der Waals surface area (Å²) in [5.74, 6) is -0.0789. The average molecular weight is 284 g/mol. The van der Waals surface area contributed by atoms with E-state index in [1.165, 1.54) is 30.9 Å². The summed E-state index contributed by atoms with van der Waals surface area (Å²) in [6.07, 6.45) is 1.61. The van der Waals surface area contributed by atoms with Crippen molar-refractivity contribution in [1.29, 1.82) is 0 Å². The second-order valence-corrected chi connectivity index (χ2v) is 5.66. The third-order valence-corrected chi connectivity index (χ3v) is 4.41. The molecule has 2 aromatic rings. The molecule has 1 unspecified atom stereocenters. The Labute approximate surface area is 123 Å². The first kappa shape index (κ1) is 13.8. The summed E-state index contributed by atoms with van der Waals surface area (Å²) in [5.41, 5.74) is 1.94. The van der Waals surface area contributed by atoms with Crippen LogP contribution in [0.1, 0.15) is 34.8 Å². The first-order chi connectivity index (χ1) is 10.1. The van der Waals surface area contributed by atoms with E-state index in [0.29, 0.717) is 11.3 Å². The van der Waals surface area contributed by atoms with Gasteiger partial charge in [-0.15, -0.1) is 0 Å². The lowest BCUT2D eigenvalue weighted by Crippen LogP contribution is -2.30. The Hall–Kier alpha value is -2.16. The lowest BCUT2D eigenvalue weighted by Gasteiger charge is -2.25. The fourth-order valence-electron chi connectivity index (χ4n) is 3.19. The van der Waals surface area contributed by atoms with Crippen molar-refractivity contribution < 1.29 is 13.9 Å². The van der Waals surface area contributed by atoms with Crippen molar-refractivity contribution in [2.45, 2.75) is 25.2 Å². The first-order valence-corrected chi connectivity index (χ1v) is 7.03. The number of ketones is 1. The van der Waals surface area contributed by atoms with Crippen LogP contribution in [-0.2, 0) is 11.8 Å². The summed E-state index contributed by atoms with van der Waals surface area (Å²) < 4.78 is 18.8. The van der Waals surface area contributed by atoms with Crippen LogP contribution in [0.2, 0.25) is 0 Å². The summed E-state index contributed by atoms with van der Waals surface area (Å²) in [6.45, 7) is 1.94. The minimum atomic E-state index is -0.613. The lowest BCUT2D eigenvalue weighted by atomic mass is 9.77. The fourth-order valence-corrected chi connectivity index (χ4v) is 3.19. The quantitative estimate of drug-likeness (QED) is 0.798. The van der Waals surface area contributed by atoms with Gasteiger partial charge in [-0.05, 0) is 49.1 Å². The number of Topliss-reactive ketones (excluding diaryl/α,β-unsaturated/α-hetero) is 1. The number of carbonyl (C=O) groups excluding carboxylic acids is 1. The maximum atomic E-state index is 13.5. The molecule has 0 heterocycles. The smallest absolute Gasteiger partial charge is 0.176 e. The van der Waals surface area contributed by atoms with E-state index < -0.39 is 11.2 Å². The summed E-state index contributed by atoms with van der Waals surface area (Å²) >= 11 is 0. The number of ether oxygens (including phenoxy) is 1. The molecule has 0 radical (unpaired) electrons. The van der Waals surface area contributed by atoms with Crippen LogP contribution < -0.4 is 4.74 Å². The van der Waals surface area contributed by atoms with E-state index in [2.05, 4.69) is 6.07 Å². The highest BCUT2D eigenvalue weighted by atomic mass is 19.1. The highest BCUT2D eigenvalue weighted by Crippen LogP contribution is 2.42. The van der Waals surface area contributed by atoms with Crippen LogP contribution in [0, 0.1) is 5.82 Å². The van der Waals surface area contributed by atoms with Gasteiger partial charge < -0.3 is 4.74 Å². The van der Waals surface area contributed by atoms with Crippen LogP contribution in [0.5, 0.6) is 5.75 Å². The van der Waals surface area contributed by atoms with Gasteiger partial charge in [0.1, 0.15) is 11.6 Å². The third kappa shape index (κ3) is 2.13. The Morgan fingerprint density at radius 3 is 2.76 bits per heavy atom. The molecule has 0 bridgehead atoms. The second-order valence-electron chi connectivity index (χ2n) is 5.66. The number of hydrogen-bond acceptors (Lipinski definition) is 2. The van der Waals surface area contributed by atoms with E-state index in [-0.39, 0.29) is 5.78 Å². The minimum absolute atomic E-state index is 0.0798. The maximum Gasteiger partial charge on any atom is 0.176 e. The maximum absolute atomic E-state index is 13.5. The van der Waals surface area contributed by atoms with Crippen molar-refractivity contribution in [3.63, 3.8) is 0 Å². The number of hydrogen-bond donors (Lipinski definition) is 0. The van der Waals surface area contributed by atoms with Crippen molar-refractivity contribution in [3.05, 3.63) is 65.0 Å². The highest BCUT2D eigenvalue weighted by Gasteiger charge is 2.42. The van der Waals surface area contributed by atoms with E-state index in [1.54, 1.807) is 0 Å². The van der Waals surface area contributed by atoms with Gasteiger partial charge in [-0.3, -0.25) is 4.79 Å². The standard InChI is InChI=1S/C18H17FO2/c1-18(10-9-12-5-3-4-6-15(12)18)17(20)14-11-13(19)7-8-16(14)21-2/h3-8,11H,9-10H2,1-2H3. The van der Waals surface area contributed by atoms with E-state index in [1.807, 2.05) is 25.1 Å². The number of rotatable bonds is 3. The summed E-state index contributed by atoms with van der Waals surface area (Å²) in [5, 5.41) is 0. The second kappa shape index (κ2) is 4.99. The molecule has 0 aromatic heterocycles. The fraction of sp³-hybridized carbons (Fsp3) is 0.278. The van der Waals surface area contributed by atoms with Crippen molar-refractivity contribution in [2.24, 2.45) is 0 Å². The number of methoxy groups -OCH3 is 1. The molecule has 3 heteroatoms. The average Bonchev–Trinajstić information content (AvgIpc) is 2.85. The Bertz CT molecular complexity index is 708. The predicted molar refractivity (Wildman–Crippen MR) is 79.4 cm³/mol. The predicted octanol–water partition coefficient (Wildman–Crippen LogP) is 3.92. The number of fused-ring (bicyclic) bond motifs is 1. The number of halogens is 1. The van der Waals surface area contributed by atoms with Crippen LogP contribution >= 0.6 is 0 Å². The number of benzene rings is 2. The van der Waals surface area contributed by atoms with Crippen LogP contribution in [0.3, 0.4) is 0 Å². The van der Waals surface area contributed by atoms with Gasteiger partial charge in [0.2, 0.25) is 0 Å². The molecular formula is C18H17FO2. The van der Waals surface area contributed by atoms with Crippen LogP contribution in [0.25, 0.3) is 0 Å². The molecule has 0 saturated carbocycles. The summed E-state index contributed by atoms with van der Waals surface area (Å²) in [4.78, 5) is 13.0. The molecule has 21 heavy (non-hydrogen) atoms. The summed E-state index contributed by atoms with van der Waals surface area (Å²) in [7, 11) is 1.49. The normalized spacial score (nSPS) is 20.1. The van der Waals surface area contributed by atoms with Crippen molar-refractivity contribution in [2.75, 3.05) is 7.11 Å². The van der Waals surface area contributed by atoms with Gasteiger partial charge in [-0.1, -0.05) is 24.3 Å². The zero-order chi connectivity index (χ0) is 15.0. The van der Waals surface area contributed by atoms with Crippen molar-refractivity contribution >= 4 is 5.78 Å². The van der Waals surface area contributed by atoms with E-state index in [4.69, 9.17) is 4.74 Å². The van der Waals surface area contributed by atoms with Gasteiger partial charge in [0.15, 0.2) is 5.78 Å². The SMILES string of the molecule is COc1ccc(F)cc1C(=O)C1(C)CCc2ccccc21. The van der Waals surface area contributed by atoms with Crippen molar-refractivity contribution in [1.82, 2.24) is 0 Å². The van der Waals surface area contributed by atoms with Gasteiger partial charge >= 0.3 is 0 Å². The van der Waals surface area contributed by atoms with E-state index >= 15 is 0 Å². The van der Waals surface area contributed by atoms with Crippen molar-refractivity contribution in [3.8, 4) is 5.75 Å². The zero-order valence-corrected chi connectivity index (χ0v) is 12.2. The molecule has 0 N–H and O–H groups in total. The van der Waals surface area contributed by atoms with Gasteiger partial charge in [0.25, 0.3) is 0 Å². The molecule has 0 spiro atoms. The topological polar surface area (TPSA) is 26.3 Å². The number of aryl methyl sites for hydroxylation is 1. The summed E-state index contributed by atoms with van der Waals surface area (Å²) in [6, 6.07) is 12.1. The molecule has 0 amide bonds. The van der Waals surface area contributed by atoms with E-state index in [0.717, 1.165) is 18.4 Å². The lowest BCUT2D eigenvalue weighted by molar-refractivity contribution is 0.0893. The third-order valence-electron chi connectivity index (χ3n) is 4.41. The van der Waals surface area contributed by atoms with Crippen LogP contribution in [-0.4, -0.2) is 12.9 Å². The molecule has 0 saturated heterocycles. The molecule has 1 aliphatic carbocycles. The Morgan fingerprint density at radius 2 is 2.00 bits per heavy atom. The molecule has 2 aromatic carbocycles. The minimum Gasteiger partial charge on any atom is -0.496 e. The monoisotopic (exact) mass is 284 g/mol. The Morgan fingerprint density at radius 1 is 1.24 bits per heavy atom. The van der Waals surface area contributed by atoms with Gasteiger partial charge in [0, 0.05) is 0 Å². The van der Waals surface area contributed by atoms with E-state index in [9.17, 15) is 9.18 Å². The molecule has 108 valence electrons. The van der Waals surface area contributed by atoms with Crippen LogP contribution in [0.15, 0.2) is 42.5 Å². The first-order valence-electron chi connectivity index (χ1n) is 7.03. The van der Waals surface area contributed by atoms with Gasteiger partial charge in [-0.25, -0.2) is 4.39 Å². The molecule has 0 aliphatic heterocycles. The Balaban J connectivity index is 2.09. The molecule has 1 atom stereocenters. The zero-order valence-electron chi connectivity index (χ0n) is 12.2. The van der Waals surface area contributed by atoms with Gasteiger partial charge in [0.05, 0.1) is 18.1 Å². The molecule has 3 rings (SSSR count). The molecule has 0 fully saturated rings. The molecule has 2 nitrogen and oxygen atoms in total. The largest absolute Gasteiger partial charge is 0.496 e.